The summed E-state index contributed by atoms with van der Waals surface area (Å²) in [6.07, 6.45) is -3.01. The smallest absolute Gasteiger partial charge is 0.416 e. The van der Waals surface area contributed by atoms with Crippen LogP contribution in [0.4, 0.5) is 24.7 Å². The number of nitrogens with two attached hydrogens (primary N) is 1. The fourth-order valence-corrected chi connectivity index (χ4v) is 3.05. The predicted octanol–water partition coefficient (Wildman–Crippen LogP) is 5.06. The monoisotopic (exact) mass is 418 g/mol. The highest BCUT2D eigenvalue weighted by Gasteiger charge is 2.31. The highest BCUT2D eigenvalue weighted by atomic mass is 19.4. The Morgan fingerprint density at radius 1 is 1.07 bits per heavy atom. The lowest BCUT2D eigenvalue weighted by Gasteiger charge is -2.19. The van der Waals surface area contributed by atoms with E-state index in [1.54, 1.807) is 19.1 Å². The van der Waals surface area contributed by atoms with Crippen molar-refractivity contribution in [3.05, 3.63) is 53.9 Å². The summed E-state index contributed by atoms with van der Waals surface area (Å²) in [7, 11) is 3.02. The van der Waals surface area contributed by atoms with E-state index in [9.17, 15) is 13.2 Å². The molecule has 6 nitrogen and oxygen atoms in total. The van der Waals surface area contributed by atoms with Gasteiger partial charge >= 0.3 is 6.18 Å². The largest absolute Gasteiger partial charge is 0.493 e. The van der Waals surface area contributed by atoms with Gasteiger partial charge in [-0.05, 0) is 42.8 Å². The summed E-state index contributed by atoms with van der Waals surface area (Å²) in [5.74, 6) is 1.73. The number of hydrogen-bond acceptors (Lipinski definition) is 6. The number of halogens is 3. The molecule has 1 unspecified atom stereocenters. The molecular weight excluding hydrogens is 397 g/mol. The molecule has 3 aromatic rings. The number of nitrogen functional groups attached to an aromatic ring is 1. The molecule has 0 bridgehead atoms. The van der Waals surface area contributed by atoms with Crippen LogP contribution in [0.15, 0.2) is 36.9 Å². The average molecular weight is 418 g/mol. The van der Waals surface area contributed by atoms with E-state index in [4.69, 9.17) is 15.2 Å². The molecule has 0 amide bonds. The Balaban J connectivity index is 2.08. The van der Waals surface area contributed by atoms with Crippen LogP contribution in [0.5, 0.6) is 11.5 Å². The van der Waals surface area contributed by atoms with Gasteiger partial charge in [-0.15, -0.1) is 0 Å². The van der Waals surface area contributed by atoms with E-state index in [1.165, 1.54) is 26.4 Å². The highest BCUT2D eigenvalue weighted by Crippen LogP contribution is 2.36. The van der Waals surface area contributed by atoms with Crippen molar-refractivity contribution in [1.82, 2.24) is 9.97 Å². The summed E-state index contributed by atoms with van der Waals surface area (Å²) in [4.78, 5) is 8.82. The van der Waals surface area contributed by atoms with E-state index >= 15 is 0 Å². The fraction of sp³-hybridized carbons (Fsp3) is 0.238. The van der Waals surface area contributed by atoms with Gasteiger partial charge in [0.1, 0.15) is 5.82 Å². The summed E-state index contributed by atoms with van der Waals surface area (Å²) in [5, 5.41) is 3.77. The van der Waals surface area contributed by atoms with Crippen LogP contribution in [0.2, 0.25) is 0 Å². The van der Waals surface area contributed by atoms with E-state index in [0.717, 1.165) is 12.1 Å². The van der Waals surface area contributed by atoms with Gasteiger partial charge in [0.15, 0.2) is 17.3 Å². The summed E-state index contributed by atoms with van der Waals surface area (Å²) >= 11 is 0. The van der Waals surface area contributed by atoms with E-state index in [2.05, 4.69) is 21.9 Å². The number of nitrogens with zero attached hydrogens (tertiary/aromatic N) is 2. The standard InChI is InChI=1S/C21H21F3N4O2/c1-5-19-27-16-10-18(30-4)17(29-3)9-15(16)20(28-19)26-11(2)12-6-13(21(22,23)24)8-14(25)7-12/h5-11H,1,25H2,2-4H3,(H,26,27,28). The van der Waals surface area contributed by atoms with Gasteiger partial charge in [-0.1, -0.05) is 6.58 Å². The van der Waals surface area contributed by atoms with Gasteiger partial charge in [-0.25, -0.2) is 9.97 Å². The Bertz CT molecular complexity index is 1100. The Labute approximate surface area is 171 Å². The van der Waals surface area contributed by atoms with Crippen LogP contribution in [0.1, 0.15) is 29.9 Å². The van der Waals surface area contributed by atoms with Crippen LogP contribution in [-0.4, -0.2) is 24.2 Å². The van der Waals surface area contributed by atoms with E-state index in [0.29, 0.717) is 39.6 Å². The lowest BCUT2D eigenvalue weighted by atomic mass is 10.0. The minimum Gasteiger partial charge on any atom is -0.493 e. The second kappa shape index (κ2) is 8.10. The van der Waals surface area contributed by atoms with Crippen molar-refractivity contribution < 1.29 is 22.6 Å². The molecule has 0 saturated carbocycles. The number of benzene rings is 2. The van der Waals surface area contributed by atoms with Crippen LogP contribution in [0.25, 0.3) is 17.0 Å². The van der Waals surface area contributed by atoms with Gasteiger partial charge in [-0.2, -0.15) is 13.2 Å². The molecule has 1 aromatic heterocycles. The number of fused-ring (bicyclic) bond motifs is 1. The van der Waals surface area contributed by atoms with Gasteiger partial charge in [0.2, 0.25) is 0 Å². The van der Waals surface area contributed by atoms with Gasteiger partial charge < -0.3 is 20.5 Å². The maximum absolute atomic E-state index is 13.2. The van der Waals surface area contributed by atoms with Gasteiger partial charge in [0.05, 0.1) is 31.3 Å². The number of hydrogen-bond donors (Lipinski definition) is 2. The molecule has 0 aliphatic carbocycles. The number of aromatic nitrogens is 2. The van der Waals surface area contributed by atoms with E-state index < -0.39 is 17.8 Å². The van der Waals surface area contributed by atoms with Gasteiger partial charge in [-0.3, -0.25) is 0 Å². The molecular formula is C21H21F3N4O2. The summed E-state index contributed by atoms with van der Waals surface area (Å²) in [5.41, 5.74) is 5.85. The predicted molar refractivity (Wildman–Crippen MR) is 111 cm³/mol. The second-order valence-electron chi connectivity index (χ2n) is 6.61. The molecule has 0 spiro atoms. The first-order valence-corrected chi connectivity index (χ1v) is 8.96. The first-order valence-electron chi connectivity index (χ1n) is 8.96. The van der Waals surface area contributed by atoms with Crippen molar-refractivity contribution in [2.75, 3.05) is 25.3 Å². The fourth-order valence-electron chi connectivity index (χ4n) is 3.05. The van der Waals surface area contributed by atoms with Crippen molar-refractivity contribution in [3.63, 3.8) is 0 Å². The molecule has 0 saturated heterocycles. The molecule has 2 aromatic carbocycles. The third-order valence-corrected chi connectivity index (χ3v) is 4.56. The third kappa shape index (κ3) is 4.24. The summed E-state index contributed by atoms with van der Waals surface area (Å²) in [6.45, 7) is 5.41. The third-order valence-electron chi connectivity index (χ3n) is 4.56. The van der Waals surface area contributed by atoms with Crippen LogP contribution in [0.3, 0.4) is 0 Å². The van der Waals surface area contributed by atoms with Crippen LogP contribution >= 0.6 is 0 Å². The quantitative estimate of drug-likeness (QED) is 0.545. The number of rotatable bonds is 6. The molecule has 3 N–H and O–H groups in total. The van der Waals surface area contributed by atoms with Crippen molar-refractivity contribution in [2.24, 2.45) is 0 Å². The normalized spacial score (nSPS) is 12.5. The highest BCUT2D eigenvalue weighted by molar-refractivity contribution is 5.92. The second-order valence-corrected chi connectivity index (χ2v) is 6.61. The number of ether oxygens (including phenoxy) is 2. The molecule has 30 heavy (non-hydrogen) atoms. The van der Waals surface area contributed by atoms with Gasteiger partial charge in [0, 0.05) is 17.1 Å². The number of anilines is 2. The molecule has 3 rings (SSSR count). The summed E-state index contributed by atoms with van der Waals surface area (Å²) in [6, 6.07) is 6.34. The Morgan fingerprint density at radius 3 is 2.33 bits per heavy atom. The van der Waals surface area contributed by atoms with Crippen LogP contribution < -0.4 is 20.5 Å². The molecule has 0 radical (unpaired) electrons. The molecule has 1 heterocycles. The van der Waals surface area contributed by atoms with Crippen molar-refractivity contribution in [1.29, 1.82) is 0 Å². The Morgan fingerprint density at radius 2 is 1.73 bits per heavy atom. The van der Waals surface area contributed by atoms with Crippen LogP contribution in [0, 0.1) is 0 Å². The van der Waals surface area contributed by atoms with Crippen LogP contribution in [-0.2, 0) is 6.18 Å². The number of methoxy groups -OCH3 is 2. The SMILES string of the molecule is C=Cc1nc(NC(C)c2cc(N)cc(C(F)(F)F)c2)c2cc(OC)c(OC)cc2n1. The molecule has 0 aliphatic rings. The maximum atomic E-state index is 13.2. The van der Waals surface area contributed by atoms with Crippen molar-refractivity contribution in [2.45, 2.75) is 19.1 Å². The molecule has 9 heteroatoms. The maximum Gasteiger partial charge on any atom is 0.416 e. The number of alkyl halides is 3. The molecule has 1 atom stereocenters. The van der Waals surface area contributed by atoms with E-state index in [-0.39, 0.29) is 5.69 Å². The van der Waals surface area contributed by atoms with Crippen molar-refractivity contribution >= 4 is 28.5 Å². The average Bonchev–Trinajstić information content (AvgIpc) is 2.71. The lowest BCUT2D eigenvalue weighted by molar-refractivity contribution is -0.137. The zero-order valence-electron chi connectivity index (χ0n) is 16.7. The Hall–Kier alpha value is -3.49. The Kier molecular flexibility index (Phi) is 5.73. The van der Waals surface area contributed by atoms with E-state index in [1.807, 2.05) is 0 Å². The summed E-state index contributed by atoms with van der Waals surface area (Å²) < 4.78 is 50.2. The lowest BCUT2D eigenvalue weighted by Crippen LogP contribution is -2.13. The first-order chi connectivity index (χ1) is 14.2. The zero-order chi connectivity index (χ0) is 22.1. The number of nitrogens with one attached hydrogen (secondary N) is 1. The zero-order valence-corrected chi connectivity index (χ0v) is 16.7. The van der Waals surface area contributed by atoms with Crippen molar-refractivity contribution in [3.8, 4) is 11.5 Å². The molecule has 0 fully saturated rings. The molecule has 0 aliphatic heterocycles. The topological polar surface area (TPSA) is 82.3 Å². The molecule has 158 valence electrons. The van der Waals surface area contributed by atoms with Gasteiger partial charge in [0.25, 0.3) is 0 Å². The first kappa shape index (κ1) is 21.2. The minimum absolute atomic E-state index is 0.0270. The minimum atomic E-state index is -4.49.